The fourth-order valence-corrected chi connectivity index (χ4v) is 4.63. The van der Waals surface area contributed by atoms with Crippen molar-refractivity contribution >= 4 is 25.7 Å². The van der Waals surface area contributed by atoms with E-state index < -0.39 is 8.32 Å². The second-order valence-corrected chi connectivity index (χ2v) is 13.8. The predicted molar refractivity (Wildman–Crippen MR) is 135 cm³/mol. The molecule has 32 heavy (non-hydrogen) atoms. The molecule has 0 aromatic heterocycles. The Morgan fingerprint density at radius 3 is 2.41 bits per heavy atom. The molecule has 0 aliphatic heterocycles. The van der Waals surface area contributed by atoms with Gasteiger partial charge in [0.15, 0.2) is 0 Å². The number of rotatable bonds is 16. The van der Waals surface area contributed by atoms with E-state index in [1.807, 2.05) is 19.6 Å². The van der Waals surface area contributed by atoms with Crippen molar-refractivity contribution in [2.24, 2.45) is 22.1 Å². The molecule has 1 aliphatic carbocycles. The van der Waals surface area contributed by atoms with Gasteiger partial charge in [-0.05, 0) is 57.5 Å². The van der Waals surface area contributed by atoms with Gasteiger partial charge in [-0.2, -0.15) is 0 Å². The molecule has 1 aliphatic rings. The summed E-state index contributed by atoms with van der Waals surface area (Å²) in [6.07, 6.45) is 18.7. The number of allylic oxidation sites excluding steroid dienone is 4. The fourth-order valence-electron chi connectivity index (χ4n) is 3.84. The molecule has 0 unspecified atom stereocenters. The standard InChI is InChI=1S/C25H44N2O4Si/c1-7-8-11-14-22(26-29-2)19-17-21-18-20-24(27-30-3)23(21)15-12-9-10-13-16-25(28)31-32(4,5)6/h17-21,23H,7-16H2,1-6H3/b19-17+,26-22?,27-24+/t21-,23+/m0/s1. The molecule has 0 saturated carbocycles. The van der Waals surface area contributed by atoms with E-state index in [2.05, 4.69) is 41.5 Å². The molecule has 0 amide bonds. The van der Waals surface area contributed by atoms with Crippen LogP contribution in [0.15, 0.2) is 34.6 Å². The van der Waals surface area contributed by atoms with Gasteiger partial charge in [-0.15, -0.1) is 0 Å². The van der Waals surface area contributed by atoms with Gasteiger partial charge in [-0.1, -0.05) is 61.5 Å². The minimum absolute atomic E-state index is 0.0451. The highest BCUT2D eigenvalue weighted by Gasteiger charge is 2.27. The summed E-state index contributed by atoms with van der Waals surface area (Å²) >= 11 is 0. The van der Waals surface area contributed by atoms with E-state index in [4.69, 9.17) is 14.1 Å². The molecule has 0 bridgehead atoms. The summed E-state index contributed by atoms with van der Waals surface area (Å²) in [6, 6.07) is 0. The van der Waals surface area contributed by atoms with Gasteiger partial charge >= 0.3 is 0 Å². The van der Waals surface area contributed by atoms with Gasteiger partial charge in [0, 0.05) is 18.3 Å². The van der Waals surface area contributed by atoms with Crippen molar-refractivity contribution in [2.75, 3.05) is 14.2 Å². The summed E-state index contributed by atoms with van der Waals surface area (Å²) in [5, 5.41) is 8.42. The van der Waals surface area contributed by atoms with Crippen LogP contribution in [0.3, 0.4) is 0 Å². The number of oxime groups is 2. The predicted octanol–water partition coefficient (Wildman–Crippen LogP) is 6.65. The lowest BCUT2D eigenvalue weighted by Crippen LogP contribution is -2.28. The topological polar surface area (TPSA) is 69.5 Å². The van der Waals surface area contributed by atoms with E-state index in [0.717, 1.165) is 56.4 Å². The van der Waals surface area contributed by atoms with Gasteiger partial charge < -0.3 is 14.1 Å². The zero-order valence-corrected chi connectivity index (χ0v) is 22.1. The van der Waals surface area contributed by atoms with Crippen LogP contribution < -0.4 is 0 Å². The first-order valence-corrected chi connectivity index (χ1v) is 15.5. The average molecular weight is 465 g/mol. The van der Waals surface area contributed by atoms with Crippen molar-refractivity contribution in [3.8, 4) is 0 Å². The first-order valence-electron chi connectivity index (χ1n) is 12.1. The third kappa shape index (κ3) is 12.2. The minimum Gasteiger partial charge on any atom is -0.520 e. The van der Waals surface area contributed by atoms with Crippen molar-refractivity contribution in [2.45, 2.75) is 90.8 Å². The highest BCUT2D eigenvalue weighted by atomic mass is 28.4. The molecule has 7 heteroatoms. The average Bonchev–Trinajstić information content (AvgIpc) is 3.09. The van der Waals surface area contributed by atoms with Gasteiger partial charge in [0.1, 0.15) is 14.2 Å². The van der Waals surface area contributed by atoms with E-state index in [0.29, 0.717) is 12.3 Å². The monoisotopic (exact) mass is 464 g/mol. The molecule has 0 spiro atoms. The zero-order chi connectivity index (χ0) is 23.8. The van der Waals surface area contributed by atoms with Crippen molar-refractivity contribution in [3.63, 3.8) is 0 Å². The van der Waals surface area contributed by atoms with Gasteiger partial charge in [0.2, 0.25) is 8.32 Å². The molecule has 0 aromatic carbocycles. The number of nitrogens with zero attached hydrogens (tertiary/aromatic N) is 2. The molecule has 182 valence electrons. The zero-order valence-electron chi connectivity index (χ0n) is 21.1. The van der Waals surface area contributed by atoms with Gasteiger partial charge in [0.05, 0.1) is 11.4 Å². The van der Waals surface area contributed by atoms with Gasteiger partial charge in [-0.25, -0.2) is 0 Å². The summed E-state index contributed by atoms with van der Waals surface area (Å²) in [7, 11) is 1.42. The lowest BCUT2D eigenvalue weighted by Gasteiger charge is -2.18. The molecular weight excluding hydrogens is 420 g/mol. The molecule has 0 N–H and O–H groups in total. The van der Waals surface area contributed by atoms with Crippen LogP contribution >= 0.6 is 0 Å². The Balaban J connectivity index is 2.53. The number of carbonyl (C=O) groups is 1. The SMILES string of the molecule is CCCCCC(/C=C/[C@H]1C=C/C(=N\OC)[C@@H]1CCCCCCC(=O)O[Si](C)(C)C)=NOC. The highest BCUT2D eigenvalue weighted by molar-refractivity contribution is 6.71. The Kier molecular flexibility index (Phi) is 13.9. The Bertz CT molecular complexity index is 665. The van der Waals surface area contributed by atoms with Gasteiger partial charge in [-0.3, -0.25) is 4.79 Å². The summed E-state index contributed by atoms with van der Waals surface area (Å²) < 4.78 is 5.51. The molecule has 0 saturated heterocycles. The highest BCUT2D eigenvalue weighted by Crippen LogP contribution is 2.30. The van der Waals surface area contributed by atoms with E-state index in [-0.39, 0.29) is 11.9 Å². The van der Waals surface area contributed by atoms with E-state index in [1.165, 1.54) is 12.8 Å². The second kappa shape index (κ2) is 15.8. The number of carbonyl (C=O) groups excluding carboxylic acids is 1. The van der Waals surface area contributed by atoms with E-state index >= 15 is 0 Å². The smallest absolute Gasteiger partial charge is 0.292 e. The van der Waals surface area contributed by atoms with Crippen molar-refractivity contribution < 1.29 is 18.9 Å². The maximum Gasteiger partial charge on any atom is 0.292 e. The first-order chi connectivity index (χ1) is 15.3. The third-order valence-corrected chi connectivity index (χ3v) is 6.19. The Morgan fingerprint density at radius 2 is 1.75 bits per heavy atom. The van der Waals surface area contributed by atoms with Crippen molar-refractivity contribution in [1.29, 1.82) is 0 Å². The van der Waals surface area contributed by atoms with Crippen LogP contribution in [0.2, 0.25) is 19.6 Å². The van der Waals surface area contributed by atoms with Crippen LogP contribution in [0.1, 0.15) is 71.1 Å². The van der Waals surface area contributed by atoms with Crippen LogP contribution in [0.5, 0.6) is 0 Å². The molecule has 0 fully saturated rings. The van der Waals surface area contributed by atoms with E-state index in [1.54, 1.807) is 14.2 Å². The number of hydrogen-bond acceptors (Lipinski definition) is 6. The largest absolute Gasteiger partial charge is 0.520 e. The normalized spacial score (nSPS) is 20.3. The minimum atomic E-state index is -1.77. The van der Waals surface area contributed by atoms with Crippen LogP contribution in [0, 0.1) is 11.8 Å². The quantitative estimate of drug-likeness (QED) is 0.111. The van der Waals surface area contributed by atoms with Crippen LogP contribution in [-0.4, -0.2) is 39.9 Å². The van der Waals surface area contributed by atoms with Crippen LogP contribution in [0.25, 0.3) is 0 Å². The first kappa shape index (κ1) is 28.1. The van der Waals surface area contributed by atoms with Crippen molar-refractivity contribution in [1.82, 2.24) is 0 Å². The second-order valence-electron chi connectivity index (χ2n) is 9.36. The van der Waals surface area contributed by atoms with Gasteiger partial charge in [0.25, 0.3) is 5.97 Å². The Labute approximate surface area is 196 Å². The summed E-state index contributed by atoms with van der Waals surface area (Å²) in [6.45, 7) is 8.33. The molecular formula is C25H44N2O4Si. The molecule has 0 aromatic rings. The van der Waals surface area contributed by atoms with Crippen LogP contribution in [-0.2, 0) is 18.9 Å². The summed E-state index contributed by atoms with van der Waals surface area (Å²) in [5.41, 5.74) is 1.98. The fraction of sp³-hybridized carbons (Fsp3) is 0.720. The van der Waals surface area contributed by atoms with E-state index in [9.17, 15) is 4.79 Å². The maximum absolute atomic E-state index is 11.9. The Hall–Kier alpha value is -1.89. The molecule has 0 heterocycles. The molecule has 2 atom stereocenters. The molecule has 1 rings (SSSR count). The lowest BCUT2D eigenvalue weighted by molar-refractivity contribution is -0.135. The summed E-state index contributed by atoms with van der Waals surface area (Å²) in [4.78, 5) is 22.0. The molecule has 0 radical (unpaired) electrons. The number of unbranched alkanes of at least 4 members (excludes halogenated alkanes) is 5. The summed E-state index contributed by atoms with van der Waals surface area (Å²) in [5.74, 6) is 0.544. The van der Waals surface area contributed by atoms with Crippen LogP contribution in [0.4, 0.5) is 0 Å². The number of hydrogen-bond donors (Lipinski definition) is 0. The third-order valence-electron chi connectivity index (χ3n) is 5.35. The Morgan fingerprint density at radius 1 is 1.03 bits per heavy atom. The lowest BCUT2D eigenvalue weighted by atomic mass is 9.88. The maximum atomic E-state index is 11.9. The van der Waals surface area contributed by atoms with Crippen molar-refractivity contribution in [3.05, 3.63) is 24.3 Å². The molecule has 6 nitrogen and oxygen atoms in total.